The lowest BCUT2D eigenvalue weighted by Crippen LogP contribution is -2.42. The Bertz CT molecular complexity index is 1150. The van der Waals surface area contributed by atoms with E-state index in [1.54, 1.807) is 11.0 Å². The van der Waals surface area contributed by atoms with Gasteiger partial charge < -0.3 is 15.0 Å². The number of amides is 2. The van der Waals surface area contributed by atoms with Gasteiger partial charge in [-0.1, -0.05) is 30.3 Å². The van der Waals surface area contributed by atoms with E-state index >= 15 is 0 Å². The lowest BCUT2D eigenvalue weighted by molar-refractivity contribution is -0.117. The van der Waals surface area contributed by atoms with Crippen molar-refractivity contribution < 1.29 is 14.3 Å². The van der Waals surface area contributed by atoms with Crippen LogP contribution in [0.1, 0.15) is 40.0 Å². The lowest BCUT2D eigenvalue weighted by atomic mass is 10.1. The van der Waals surface area contributed by atoms with Crippen LogP contribution in [-0.2, 0) is 9.53 Å². The van der Waals surface area contributed by atoms with E-state index in [4.69, 9.17) is 4.74 Å². The summed E-state index contributed by atoms with van der Waals surface area (Å²) in [5, 5.41) is 3.76. The normalized spacial score (nSPS) is 15.7. The number of aryl methyl sites for hydroxylation is 2. The number of aromatic nitrogens is 1. The number of carbonyl (C=O) groups excluding carboxylic acids is 2. The first-order valence-electron chi connectivity index (χ1n) is 11.1. The molecule has 1 aromatic heterocycles. The maximum absolute atomic E-state index is 13.7. The predicted molar refractivity (Wildman–Crippen MR) is 126 cm³/mol. The van der Waals surface area contributed by atoms with E-state index in [0.29, 0.717) is 18.7 Å². The fourth-order valence-corrected chi connectivity index (χ4v) is 4.16. The number of pyridine rings is 1. The van der Waals surface area contributed by atoms with Gasteiger partial charge in [-0.3, -0.25) is 14.6 Å². The minimum absolute atomic E-state index is 0.0399. The summed E-state index contributed by atoms with van der Waals surface area (Å²) in [6, 6.07) is 15.2. The van der Waals surface area contributed by atoms with Gasteiger partial charge >= 0.3 is 0 Å². The molecule has 4 rings (SSSR count). The third-order valence-electron chi connectivity index (χ3n) is 6.02. The van der Waals surface area contributed by atoms with E-state index in [-0.39, 0.29) is 24.5 Å². The van der Waals surface area contributed by atoms with Gasteiger partial charge in [0.15, 0.2) is 0 Å². The fourth-order valence-electron chi connectivity index (χ4n) is 4.16. The molecule has 2 heterocycles. The monoisotopic (exact) mass is 431 g/mol. The molecule has 6 nitrogen and oxygen atoms in total. The molecule has 1 N–H and O–H groups in total. The number of rotatable bonds is 6. The van der Waals surface area contributed by atoms with Crippen LogP contribution in [0.25, 0.3) is 10.9 Å². The molecule has 1 unspecified atom stereocenters. The van der Waals surface area contributed by atoms with Gasteiger partial charge in [-0.25, -0.2) is 0 Å². The third kappa shape index (κ3) is 4.81. The van der Waals surface area contributed by atoms with E-state index in [9.17, 15) is 9.59 Å². The highest BCUT2D eigenvalue weighted by Crippen LogP contribution is 2.22. The molecule has 3 aromatic rings. The number of benzene rings is 2. The van der Waals surface area contributed by atoms with Crippen LogP contribution < -0.4 is 5.32 Å². The van der Waals surface area contributed by atoms with Crippen LogP contribution in [0.4, 0.5) is 5.69 Å². The molecule has 0 aliphatic carbocycles. The van der Waals surface area contributed by atoms with Crippen LogP contribution >= 0.6 is 0 Å². The molecule has 6 heteroatoms. The Morgan fingerprint density at radius 2 is 1.94 bits per heavy atom. The number of fused-ring (bicyclic) bond motifs is 1. The predicted octanol–water partition coefficient (Wildman–Crippen LogP) is 4.42. The SMILES string of the molecule is Cc1cc(C(=O)N(CC(=O)Nc2cccc(C)c2C)CC2CCCO2)c2ccccc2n1. The summed E-state index contributed by atoms with van der Waals surface area (Å²) in [6.45, 7) is 6.90. The molecule has 1 aliphatic rings. The van der Waals surface area contributed by atoms with Crippen LogP contribution in [0.2, 0.25) is 0 Å². The molecule has 0 spiro atoms. The summed E-state index contributed by atoms with van der Waals surface area (Å²) < 4.78 is 5.78. The van der Waals surface area contributed by atoms with Gasteiger partial charge in [-0.05, 0) is 62.9 Å². The molecule has 0 bridgehead atoms. The van der Waals surface area contributed by atoms with Crippen LogP contribution in [0.3, 0.4) is 0 Å². The third-order valence-corrected chi connectivity index (χ3v) is 6.02. The highest BCUT2D eigenvalue weighted by Gasteiger charge is 2.26. The topological polar surface area (TPSA) is 71.5 Å². The summed E-state index contributed by atoms with van der Waals surface area (Å²) in [6.07, 6.45) is 1.80. The number of para-hydroxylation sites is 1. The number of carbonyl (C=O) groups is 2. The first-order valence-corrected chi connectivity index (χ1v) is 11.1. The minimum Gasteiger partial charge on any atom is -0.376 e. The molecule has 1 saturated heterocycles. The summed E-state index contributed by atoms with van der Waals surface area (Å²) in [5.41, 5.74) is 4.99. The molecule has 166 valence electrons. The van der Waals surface area contributed by atoms with Gasteiger partial charge in [0, 0.05) is 29.9 Å². The van der Waals surface area contributed by atoms with Crippen LogP contribution in [0.5, 0.6) is 0 Å². The fraction of sp³-hybridized carbons (Fsp3) is 0.346. The average molecular weight is 432 g/mol. The van der Waals surface area contributed by atoms with Crippen molar-refractivity contribution in [3.63, 3.8) is 0 Å². The van der Waals surface area contributed by atoms with Gasteiger partial charge in [0.2, 0.25) is 5.91 Å². The first-order chi connectivity index (χ1) is 15.4. The first kappa shape index (κ1) is 22.0. The molecule has 2 aromatic carbocycles. The maximum Gasteiger partial charge on any atom is 0.255 e. The Morgan fingerprint density at radius 1 is 1.12 bits per heavy atom. The second-order valence-electron chi connectivity index (χ2n) is 8.44. The highest BCUT2D eigenvalue weighted by molar-refractivity contribution is 6.07. The largest absolute Gasteiger partial charge is 0.376 e. The van der Waals surface area contributed by atoms with Crippen molar-refractivity contribution in [2.24, 2.45) is 0 Å². The Kier molecular flexibility index (Phi) is 6.51. The lowest BCUT2D eigenvalue weighted by Gasteiger charge is -2.26. The molecule has 32 heavy (non-hydrogen) atoms. The van der Waals surface area contributed by atoms with Crippen molar-refractivity contribution in [3.05, 3.63) is 70.9 Å². The van der Waals surface area contributed by atoms with E-state index in [0.717, 1.165) is 46.3 Å². The number of nitrogens with zero attached hydrogens (tertiary/aromatic N) is 2. The van der Waals surface area contributed by atoms with Crippen molar-refractivity contribution in [1.29, 1.82) is 0 Å². The van der Waals surface area contributed by atoms with Crippen molar-refractivity contribution in [2.75, 3.05) is 25.0 Å². The number of nitrogens with one attached hydrogen (secondary N) is 1. The summed E-state index contributed by atoms with van der Waals surface area (Å²) >= 11 is 0. The number of hydrogen-bond donors (Lipinski definition) is 1. The van der Waals surface area contributed by atoms with Crippen molar-refractivity contribution in [1.82, 2.24) is 9.88 Å². The summed E-state index contributed by atoms with van der Waals surface area (Å²) in [4.78, 5) is 32.8. The van der Waals surface area contributed by atoms with Crippen LogP contribution in [0.15, 0.2) is 48.5 Å². The van der Waals surface area contributed by atoms with Crippen LogP contribution in [-0.4, -0.2) is 47.5 Å². The molecular weight excluding hydrogens is 402 g/mol. The number of ether oxygens (including phenoxy) is 1. The Hall–Kier alpha value is -3.25. The van der Waals surface area contributed by atoms with Gasteiger partial charge in [0.25, 0.3) is 5.91 Å². The summed E-state index contributed by atoms with van der Waals surface area (Å²) in [7, 11) is 0. The minimum atomic E-state index is -0.222. The molecule has 1 atom stereocenters. The summed E-state index contributed by atoms with van der Waals surface area (Å²) in [5.74, 6) is -0.404. The zero-order valence-corrected chi connectivity index (χ0v) is 18.9. The zero-order chi connectivity index (χ0) is 22.7. The van der Waals surface area contributed by atoms with E-state index in [1.807, 2.05) is 63.2 Å². The smallest absolute Gasteiger partial charge is 0.255 e. The second-order valence-corrected chi connectivity index (χ2v) is 8.44. The molecular formula is C26H29N3O3. The van der Waals surface area contributed by atoms with Gasteiger partial charge in [-0.15, -0.1) is 0 Å². The Labute approximate surface area is 188 Å². The van der Waals surface area contributed by atoms with Crippen molar-refractivity contribution in [2.45, 2.75) is 39.7 Å². The average Bonchev–Trinajstić information content (AvgIpc) is 3.28. The standard InChI is InChI=1S/C26H29N3O3/c1-17-8-6-12-23(19(17)3)28-25(30)16-29(15-20-9-7-13-32-20)26(31)22-14-18(2)27-24-11-5-4-10-21(22)24/h4-6,8,10-12,14,20H,7,9,13,15-16H2,1-3H3,(H,28,30). The van der Waals surface area contributed by atoms with Gasteiger partial charge in [-0.2, -0.15) is 0 Å². The highest BCUT2D eigenvalue weighted by atomic mass is 16.5. The Balaban J connectivity index is 1.61. The van der Waals surface area contributed by atoms with Crippen LogP contribution in [0, 0.1) is 20.8 Å². The van der Waals surface area contributed by atoms with Gasteiger partial charge in [0.1, 0.15) is 6.54 Å². The van der Waals surface area contributed by atoms with E-state index in [1.165, 1.54) is 0 Å². The second kappa shape index (κ2) is 9.49. The van der Waals surface area contributed by atoms with E-state index < -0.39 is 0 Å². The molecule has 1 aliphatic heterocycles. The van der Waals surface area contributed by atoms with Crippen molar-refractivity contribution >= 4 is 28.4 Å². The van der Waals surface area contributed by atoms with Crippen molar-refractivity contribution in [3.8, 4) is 0 Å². The van der Waals surface area contributed by atoms with E-state index in [2.05, 4.69) is 10.3 Å². The molecule has 2 amide bonds. The zero-order valence-electron chi connectivity index (χ0n) is 18.9. The Morgan fingerprint density at radius 3 is 2.72 bits per heavy atom. The molecule has 1 fully saturated rings. The molecule has 0 saturated carbocycles. The van der Waals surface area contributed by atoms with Gasteiger partial charge in [0.05, 0.1) is 17.2 Å². The number of hydrogen-bond acceptors (Lipinski definition) is 4. The quantitative estimate of drug-likeness (QED) is 0.627. The molecule has 0 radical (unpaired) electrons. The number of anilines is 1. The maximum atomic E-state index is 13.7.